The van der Waals surface area contributed by atoms with E-state index in [4.69, 9.17) is 9.47 Å². The van der Waals surface area contributed by atoms with Crippen molar-refractivity contribution in [1.82, 2.24) is 0 Å². The van der Waals surface area contributed by atoms with Gasteiger partial charge < -0.3 is 9.47 Å². The highest BCUT2D eigenvalue weighted by atomic mass is 19.2. The van der Waals surface area contributed by atoms with E-state index in [1.165, 1.54) is 12.1 Å². The van der Waals surface area contributed by atoms with E-state index >= 15 is 0 Å². The van der Waals surface area contributed by atoms with Crippen molar-refractivity contribution in [3.63, 3.8) is 0 Å². The van der Waals surface area contributed by atoms with Crippen molar-refractivity contribution < 1.29 is 27.0 Å². The van der Waals surface area contributed by atoms with Crippen LogP contribution < -0.4 is 0 Å². The summed E-state index contributed by atoms with van der Waals surface area (Å²) in [7, 11) is 0. The lowest BCUT2D eigenvalue weighted by Crippen LogP contribution is -2.26. The molecule has 0 amide bonds. The van der Waals surface area contributed by atoms with Crippen LogP contribution in [0.25, 0.3) is 22.3 Å². The van der Waals surface area contributed by atoms with Crippen molar-refractivity contribution in [2.45, 2.75) is 33.0 Å². The zero-order valence-electron chi connectivity index (χ0n) is 19.1. The fourth-order valence-corrected chi connectivity index (χ4v) is 4.15. The normalized spacial score (nSPS) is 18.5. The molecule has 0 saturated carbocycles. The lowest BCUT2D eigenvalue weighted by atomic mass is 9.97. The van der Waals surface area contributed by atoms with Gasteiger partial charge in [-0.1, -0.05) is 74.0 Å². The Bertz CT molecular complexity index is 1180. The van der Waals surface area contributed by atoms with Gasteiger partial charge in [0.15, 0.2) is 29.6 Å². The van der Waals surface area contributed by atoms with Crippen LogP contribution in [0.2, 0.25) is 0 Å². The largest absolute Gasteiger partial charge is 0.348 e. The molecule has 3 aromatic rings. The SMILES string of the molecule is C/C=C/C1COC(c2ccc(-c3ccc(-c4ccc(CCC)c(F)c4F)cc3)c(F)c2F)OC1. The fourth-order valence-electron chi connectivity index (χ4n) is 4.15. The Labute approximate surface area is 196 Å². The van der Waals surface area contributed by atoms with E-state index in [2.05, 4.69) is 0 Å². The number of allylic oxidation sites excluding steroid dienone is 1. The third-order valence-corrected chi connectivity index (χ3v) is 5.94. The smallest absolute Gasteiger partial charge is 0.186 e. The first kappa shape index (κ1) is 24.2. The summed E-state index contributed by atoms with van der Waals surface area (Å²) in [5.41, 5.74) is 1.37. The van der Waals surface area contributed by atoms with Gasteiger partial charge in [0.2, 0.25) is 0 Å². The summed E-state index contributed by atoms with van der Waals surface area (Å²) < 4.78 is 69.9. The molecule has 0 N–H and O–H groups in total. The molecular formula is C28H26F4O2. The van der Waals surface area contributed by atoms with E-state index in [1.54, 1.807) is 36.4 Å². The molecule has 0 bridgehead atoms. The van der Waals surface area contributed by atoms with Crippen LogP contribution in [0, 0.1) is 29.2 Å². The van der Waals surface area contributed by atoms with Crippen molar-refractivity contribution >= 4 is 0 Å². The molecule has 0 atom stereocenters. The average Bonchev–Trinajstić information content (AvgIpc) is 2.85. The maximum absolute atomic E-state index is 15.0. The third kappa shape index (κ3) is 4.79. The zero-order chi connectivity index (χ0) is 24.2. The van der Waals surface area contributed by atoms with E-state index in [0.29, 0.717) is 42.7 Å². The molecule has 1 aliphatic heterocycles. The van der Waals surface area contributed by atoms with Gasteiger partial charge in [-0.15, -0.1) is 0 Å². The molecule has 1 aliphatic rings. The Morgan fingerprint density at radius 2 is 1.32 bits per heavy atom. The Kier molecular flexibility index (Phi) is 7.49. The van der Waals surface area contributed by atoms with Gasteiger partial charge in [0.05, 0.1) is 13.2 Å². The third-order valence-electron chi connectivity index (χ3n) is 5.94. The highest BCUT2D eigenvalue weighted by molar-refractivity contribution is 5.71. The zero-order valence-corrected chi connectivity index (χ0v) is 19.1. The van der Waals surface area contributed by atoms with Crippen LogP contribution in [0.15, 0.2) is 60.7 Å². The first-order chi connectivity index (χ1) is 16.4. The minimum atomic E-state index is -1.03. The standard InChI is InChI=1S/C28H26F4O2/c1-3-5-17-15-33-28(34-16-17)23-14-13-22(26(31)27(23)32)19-9-7-18(8-10-19)21-12-11-20(6-4-2)24(29)25(21)30/h3,5,7-14,17,28H,4,6,15-16H2,1-2H3/b5-3+. The summed E-state index contributed by atoms with van der Waals surface area (Å²) in [4.78, 5) is 0. The minimum Gasteiger partial charge on any atom is -0.348 e. The molecule has 0 radical (unpaired) electrons. The van der Waals surface area contributed by atoms with Gasteiger partial charge in [0.1, 0.15) is 0 Å². The highest BCUT2D eigenvalue weighted by Gasteiger charge is 2.27. The quantitative estimate of drug-likeness (QED) is 0.271. The fraction of sp³-hybridized carbons (Fsp3) is 0.286. The summed E-state index contributed by atoms with van der Waals surface area (Å²) >= 11 is 0. The Morgan fingerprint density at radius 1 is 0.765 bits per heavy atom. The number of hydrogen-bond acceptors (Lipinski definition) is 2. The average molecular weight is 471 g/mol. The molecule has 6 heteroatoms. The number of halogens is 4. The molecule has 0 spiro atoms. The summed E-state index contributed by atoms with van der Waals surface area (Å²) in [6.07, 6.45) is 4.03. The molecule has 1 saturated heterocycles. The van der Waals surface area contributed by atoms with Crippen LogP contribution in [-0.4, -0.2) is 13.2 Å². The Morgan fingerprint density at radius 3 is 1.88 bits per heavy atom. The van der Waals surface area contributed by atoms with Crippen molar-refractivity contribution in [3.8, 4) is 22.3 Å². The van der Waals surface area contributed by atoms with E-state index in [1.807, 2.05) is 26.0 Å². The Hall–Kier alpha value is -2.96. The predicted octanol–water partition coefficient (Wildman–Crippen LogP) is 7.77. The van der Waals surface area contributed by atoms with Gasteiger partial charge in [-0.3, -0.25) is 0 Å². The van der Waals surface area contributed by atoms with Gasteiger partial charge >= 0.3 is 0 Å². The number of hydrogen-bond donors (Lipinski definition) is 0. The van der Waals surface area contributed by atoms with Crippen LogP contribution in [0.5, 0.6) is 0 Å². The molecule has 0 aromatic heterocycles. The molecular weight excluding hydrogens is 444 g/mol. The van der Waals surface area contributed by atoms with Crippen LogP contribution >= 0.6 is 0 Å². The van der Waals surface area contributed by atoms with E-state index < -0.39 is 29.6 Å². The van der Waals surface area contributed by atoms with E-state index in [-0.39, 0.29) is 22.6 Å². The maximum atomic E-state index is 15.0. The number of benzene rings is 3. The first-order valence-electron chi connectivity index (χ1n) is 11.4. The lowest BCUT2D eigenvalue weighted by Gasteiger charge is -2.28. The molecule has 1 heterocycles. The van der Waals surface area contributed by atoms with E-state index in [9.17, 15) is 17.6 Å². The molecule has 0 unspecified atom stereocenters. The molecule has 1 fully saturated rings. The van der Waals surface area contributed by atoms with Crippen LogP contribution in [0.1, 0.15) is 37.7 Å². The maximum Gasteiger partial charge on any atom is 0.186 e. The lowest BCUT2D eigenvalue weighted by molar-refractivity contribution is -0.199. The van der Waals surface area contributed by atoms with Gasteiger partial charge in [0.25, 0.3) is 0 Å². The van der Waals surface area contributed by atoms with Gasteiger partial charge in [-0.25, -0.2) is 17.6 Å². The summed E-state index contributed by atoms with van der Waals surface area (Å²) in [5, 5.41) is 0. The van der Waals surface area contributed by atoms with E-state index in [0.717, 1.165) is 0 Å². The second-order valence-corrected chi connectivity index (χ2v) is 8.34. The van der Waals surface area contributed by atoms with Crippen molar-refractivity contribution in [3.05, 3.63) is 95.1 Å². The topological polar surface area (TPSA) is 18.5 Å². The predicted molar refractivity (Wildman–Crippen MR) is 124 cm³/mol. The summed E-state index contributed by atoms with van der Waals surface area (Å²) in [5.74, 6) is -3.74. The molecule has 178 valence electrons. The molecule has 0 aliphatic carbocycles. The first-order valence-corrected chi connectivity index (χ1v) is 11.4. The Balaban J connectivity index is 1.57. The van der Waals surface area contributed by atoms with Gasteiger partial charge in [-0.05, 0) is 30.0 Å². The highest BCUT2D eigenvalue weighted by Crippen LogP contribution is 2.34. The second kappa shape index (κ2) is 10.5. The number of aryl methyl sites for hydroxylation is 1. The van der Waals surface area contributed by atoms with Crippen LogP contribution in [0.3, 0.4) is 0 Å². The summed E-state index contributed by atoms with van der Waals surface area (Å²) in [6.45, 7) is 4.50. The minimum absolute atomic E-state index is 0.00140. The molecule has 2 nitrogen and oxygen atoms in total. The second-order valence-electron chi connectivity index (χ2n) is 8.34. The van der Waals surface area contributed by atoms with Gasteiger partial charge in [0, 0.05) is 22.6 Å². The van der Waals surface area contributed by atoms with Crippen molar-refractivity contribution in [2.24, 2.45) is 5.92 Å². The van der Waals surface area contributed by atoms with Crippen molar-refractivity contribution in [1.29, 1.82) is 0 Å². The molecule has 34 heavy (non-hydrogen) atoms. The number of ether oxygens (including phenoxy) is 2. The van der Waals surface area contributed by atoms with Crippen LogP contribution in [0.4, 0.5) is 17.6 Å². The number of rotatable bonds is 6. The molecule has 3 aromatic carbocycles. The monoisotopic (exact) mass is 470 g/mol. The summed E-state index contributed by atoms with van der Waals surface area (Å²) in [6, 6.07) is 12.3. The van der Waals surface area contributed by atoms with Crippen LogP contribution in [-0.2, 0) is 15.9 Å². The van der Waals surface area contributed by atoms with Crippen molar-refractivity contribution in [2.75, 3.05) is 13.2 Å². The molecule has 4 rings (SSSR count). The van der Waals surface area contributed by atoms with Gasteiger partial charge in [-0.2, -0.15) is 0 Å².